The molecule has 0 aromatic heterocycles. The van der Waals surface area contributed by atoms with Crippen molar-refractivity contribution < 1.29 is 23.4 Å². The Balaban J connectivity index is 0.00000507. The molecular weight excluding hydrogens is 544 g/mol. The number of nitrogens with one attached hydrogen (secondary N) is 2. The Kier molecular flexibility index (Phi) is 12.3. The van der Waals surface area contributed by atoms with Gasteiger partial charge in [-0.25, -0.2) is 13.1 Å². The summed E-state index contributed by atoms with van der Waals surface area (Å²) in [7, 11) is -3.67. The van der Waals surface area contributed by atoms with Crippen LogP contribution in [0.3, 0.4) is 0 Å². The Labute approximate surface area is 235 Å². The van der Waals surface area contributed by atoms with Crippen LogP contribution in [0, 0.1) is 0 Å². The number of amides is 1. The maximum absolute atomic E-state index is 12.5. The minimum Gasteiger partial charge on any atom is -0.395 e. The normalized spacial score (nSPS) is 13.0. The Morgan fingerprint density at radius 1 is 0.974 bits per heavy atom. The summed E-state index contributed by atoms with van der Waals surface area (Å²) >= 11 is 1.50. The predicted molar refractivity (Wildman–Crippen MR) is 156 cm³/mol. The number of aliphatic hydroxyl groups is 2. The highest BCUT2D eigenvalue weighted by Crippen LogP contribution is 2.32. The lowest BCUT2D eigenvalue weighted by Gasteiger charge is -2.19. The molecule has 0 aliphatic heterocycles. The lowest BCUT2D eigenvalue weighted by atomic mass is 9.99. The third-order valence-electron chi connectivity index (χ3n) is 5.64. The molecule has 206 valence electrons. The molecule has 7 nitrogen and oxygen atoms in total. The summed E-state index contributed by atoms with van der Waals surface area (Å²) in [5.41, 5.74) is 4.04. The molecule has 4 N–H and O–H groups in total. The number of aliphatic hydroxyl groups excluding tert-OH is 2. The number of hydrogen-bond acceptors (Lipinski definition) is 7. The van der Waals surface area contributed by atoms with Crippen molar-refractivity contribution in [2.75, 3.05) is 19.4 Å². The van der Waals surface area contributed by atoms with Crippen molar-refractivity contribution in [2.45, 2.75) is 42.6 Å². The van der Waals surface area contributed by atoms with Gasteiger partial charge in [0.25, 0.3) is 5.91 Å². The van der Waals surface area contributed by atoms with E-state index in [4.69, 9.17) is 0 Å². The van der Waals surface area contributed by atoms with Gasteiger partial charge in [0.05, 0.1) is 24.5 Å². The van der Waals surface area contributed by atoms with Gasteiger partial charge in [-0.3, -0.25) is 4.79 Å². The molecule has 0 heterocycles. The van der Waals surface area contributed by atoms with E-state index in [2.05, 4.69) is 5.32 Å². The number of carbonyl (C=O) groups excluding carboxylic acids is 1. The van der Waals surface area contributed by atoms with Crippen LogP contribution in [0.15, 0.2) is 77.7 Å². The summed E-state index contributed by atoms with van der Waals surface area (Å²) in [6, 6.07) is 22.5. The molecule has 0 fully saturated rings. The maximum Gasteiger partial charge on any atom is 0.265 e. The number of rotatable bonds is 12. The van der Waals surface area contributed by atoms with Crippen molar-refractivity contribution in [1.82, 2.24) is 10.0 Å². The van der Waals surface area contributed by atoms with E-state index in [1.165, 1.54) is 11.8 Å². The molecule has 3 aromatic carbocycles. The van der Waals surface area contributed by atoms with Gasteiger partial charge in [-0.15, -0.1) is 24.2 Å². The maximum atomic E-state index is 12.5. The Morgan fingerprint density at radius 2 is 1.61 bits per heavy atom. The number of thioether (sulfide) groups is 1. The van der Waals surface area contributed by atoms with Crippen molar-refractivity contribution in [3.63, 3.8) is 0 Å². The molecule has 3 rings (SSSR count). The van der Waals surface area contributed by atoms with E-state index in [-0.39, 0.29) is 30.3 Å². The number of hydrogen-bond donors (Lipinski definition) is 4. The average molecular weight is 579 g/mol. The van der Waals surface area contributed by atoms with E-state index in [1.54, 1.807) is 12.1 Å². The van der Waals surface area contributed by atoms with Crippen molar-refractivity contribution in [1.29, 1.82) is 0 Å². The zero-order valence-corrected chi connectivity index (χ0v) is 24.1. The number of carbonyl (C=O) groups is 1. The van der Waals surface area contributed by atoms with Gasteiger partial charge in [0.15, 0.2) is 0 Å². The second kappa shape index (κ2) is 14.7. The summed E-state index contributed by atoms with van der Waals surface area (Å²) < 4.78 is 25.1. The van der Waals surface area contributed by atoms with E-state index in [0.717, 1.165) is 28.5 Å². The van der Waals surface area contributed by atoms with Crippen LogP contribution in [-0.2, 0) is 16.4 Å². The SMILES string of the molecule is CC(C)Sc1cc(-c2ccc(C[C@@H](CO)NC[C@@H](O)c3ccccc3)cc2)ccc1C(=O)NS(C)(=O)=O.Cl. The summed E-state index contributed by atoms with van der Waals surface area (Å²) in [4.78, 5) is 13.2. The Morgan fingerprint density at radius 3 is 2.18 bits per heavy atom. The molecule has 10 heteroatoms. The molecule has 0 radical (unpaired) electrons. The second-order valence-corrected chi connectivity index (χ2v) is 12.6. The molecule has 2 atom stereocenters. The molecule has 0 aliphatic rings. The van der Waals surface area contributed by atoms with Gasteiger partial charge >= 0.3 is 0 Å². The quantitative estimate of drug-likeness (QED) is 0.238. The number of sulfonamides is 1. The topological polar surface area (TPSA) is 116 Å². The Hall–Kier alpha value is -2.40. The van der Waals surface area contributed by atoms with Gasteiger partial charge in [-0.1, -0.05) is 74.5 Å². The highest BCUT2D eigenvalue weighted by molar-refractivity contribution is 8.00. The largest absolute Gasteiger partial charge is 0.395 e. The van der Waals surface area contributed by atoms with Crippen LogP contribution in [0.5, 0.6) is 0 Å². The first-order valence-corrected chi connectivity index (χ1v) is 14.8. The van der Waals surface area contributed by atoms with Crippen LogP contribution in [0.25, 0.3) is 11.1 Å². The van der Waals surface area contributed by atoms with Crippen molar-refractivity contribution in [3.05, 3.63) is 89.5 Å². The summed E-state index contributed by atoms with van der Waals surface area (Å²) in [5.74, 6) is -0.646. The van der Waals surface area contributed by atoms with Gasteiger partial charge < -0.3 is 15.5 Å². The fourth-order valence-electron chi connectivity index (χ4n) is 3.85. The lowest BCUT2D eigenvalue weighted by molar-refractivity contribution is 0.0979. The Bertz CT molecular complexity index is 1290. The van der Waals surface area contributed by atoms with E-state index in [1.807, 2.05) is 79.2 Å². The van der Waals surface area contributed by atoms with Crippen LogP contribution >= 0.6 is 24.2 Å². The number of halogens is 1. The van der Waals surface area contributed by atoms with E-state index in [0.29, 0.717) is 23.4 Å². The van der Waals surface area contributed by atoms with E-state index >= 15 is 0 Å². The predicted octanol–water partition coefficient (Wildman–Crippen LogP) is 4.19. The summed E-state index contributed by atoms with van der Waals surface area (Å²) in [5, 5.41) is 23.6. The van der Waals surface area contributed by atoms with Gasteiger partial charge in [0.2, 0.25) is 10.0 Å². The average Bonchev–Trinajstić information content (AvgIpc) is 2.85. The highest BCUT2D eigenvalue weighted by Gasteiger charge is 2.18. The first-order chi connectivity index (χ1) is 17.6. The van der Waals surface area contributed by atoms with Gasteiger partial charge in [0, 0.05) is 22.7 Å². The molecule has 0 saturated heterocycles. The fourth-order valence-corrected chi connectivity index (χ4v) is 5.29. The van der Waals surface area contributed by atoms with Crippen molar-refractivity contribution in [2.24, 2.45) is 0 Å². The molecule has 3 aromatic rings. The third-order valence-corrected chi connectivity index (χ3v) is 7.26. The molecular formula is C28H35ClN2O5S2. The third kappa shape index (κ3) is 9.72. The lowest BCUT2D eigenvalue weighted by Crippen LogP contribution is -2.37. The monoisotopic (exact) mass is 578 g/mol. The standard InChI is InChI=1S/C28H34N2O5S2.ClH/c1-19(2)36-27-16-23(13-14-25(27)28(33)30-37(3,34)35)21-11-9-20(10-12-21)15-24(18-31)29-17-26(32)22-7-5-4-6-8-22;/h4-14,16,19,24,26,29,31-32H,15,17-18H2,1-3H3,(H,30,33);1H/t24-,26+;/m0./s1. The minimum absolute atomic E-state index is 0. The summed E-state index contributed by atoms with van der Waals surface area (Å²) in [6.45, 7) is 4.29. The zero-order chi connectivity index (χ0) is 27.0. The fraction of sp³-hybridized carbons (Fsp3) is 0.321. The van der Waals surface area contributed by atoms with Crippen LogP contribution < -0.4 is 10.0 Å². The highest BCUT2D eigenvalue weighted by atomic mass is 35.5. The molecule has 0 bridgehead atoms. The minimum atomic E-state index is -3.67. The molecule has 1 amide bonds. The van der Waals surface area contributed by atoms with Crippen molar-refractivity contribution in [3.8, 4) is 11.1 Å². The van der Waals surface area contributed by atoms with Crippen molar-refractivity contribution >= 4 is 40.1 Å². The molecule has 0 spiro atoms. The molecule has 38 heavy (non-hydrogen) atoms. The van der Waals surface area contributed by atoms with Crippen LogP contribution in [-0.4, -0.2) is 55.2 Å². The van der Waals surface area contributed by atoms with Gasteiger partial charge in [-0.2, -0.15) is 0 Å². The second-order valence-electron chi connectivity index (χ2n) is 9.20. The zero-order valence-electron chi connectivity index (χ0n) is 21.6. The van der Waals surface area contributed by atoms with Gasteiger partial charge in [0.1, 0.15) is 0 Å². The molecule has 0 unspecified atom stereocenters. The first kappa shape index (κ1) is 31.8. The molecule has 0 aliphatic carbocycles. The molecule has 0 saturated carbocycles. The first-order valence-electron chi connectivity index (χ1n) is 12.0. The van der Waals surface area contributed by atoms with Crippen LogP contribution in [0.4, 0.5) is 0 Å². The van der Waals surface area contributed by atoms with Crippen LogP contribution in [0.2, 0.25) is 0 Å². The van der Waals surface area contributed by atoms with Gasteiger partial charge in [-0.05, 0) is 40.8 Å². The van der Waals surface area contributed by atoms with E-state index < -0.39 is 22.0 Å². The number of benzene rings is 3. The smallest absolute Gasteiger partial charge is 0.265 e. The van der Waals surface area contributed by atoms with E-state index in [9.17, 15) is 23.4 Å². The van der Waals surface area contributed by atoms with Crippen LogP contribution in [0.1, 0.15) is 41.4 Å². The summed E-state index contributed by atoms with van der Waals surface area (Å²) in [6.07, 6.45) is 0.897.